The molecule has 4 nitrogen and oxygen atoms in total. The van der Waals surface area contributed by atoms with Gasteiger partial charge in [-0.15, -0.1) is 0 Å². The first kappa shape index (κ1) is 13.4. The van der Waals surface area contributed by atoms with Gasteiger partial charge in [0, 0.05) is 12.1 Å². The molecular formula is C13H19ClN2O2. The van der Waals surface area contributed by atoms with Crippen LogP contribution in [0.3, 0.4) is 0 Å². The van der Waals surface area contributed by atoms with Crippen LogP contribution in [-0.4, -0.2) is 35.8 Å². The minimum absolute atomic E-state index is 0.00975. The molecule has 1 aliphatic carbocycles. The number of hydrogen-bond acceptors (Lipinski definition) is 2. The van der Waals surface area contributed by atoms with Gasteiger partial charge in [-0.1, -0.05) is 36.9 Å². The Hall–Kier alpha value is -1.03. The smallest absolute Gasteiger partial charge is 0.243 e. The summed E-state index contributed by atoms with van der Waals surface area (Å²) in [4.78, 5) is 25.7. The maximum absolute atomic E-state index is 12.1. The number of nitrogens with zero attached hydrogens (tertiary/aromatic N) is 1. The van der Waals surface area contributed by atoms with Crippen LogP contribution in [0.25, 0.3) is 0 Å². The second kappa shape index (κ2) is 6.23. The van der Waals surface area contributed by atoms with Gasteiger partial charge in [0.15, 0.2) is 0 Å². The van der Waals surface area contributed by atoms with E-state index in [2.05, 4.69) is 5.32 Å². The number of piperazine rings is 1. The summed E-state index contributed by atoms with van der Waals surface area (Å²) in [6.07, 6.45) is 7.33. The van der Waals surface area contributed by atoms with Gasteiger partial charge in [0.2, 0.25) is 11.8 Å². The summed E-state index contributed by atoms with van der Waals surface area (Å²) in [5.74, 6) is 0.274. The highest BCUT2D eigenvalue weighted by Gasteiger charge is 2.39. The predicted molar refractivity (Wildman–Crippen MR) is 70.1 cm³/mol. The normalized spacial score (nSPS) is 26.7. The van der Waals surface area contributed by atoms with Gasteiger partial charge in [-0.2, -0.15) is 0 Å². The van der Waals surface area contributed by atoms with E-state index < -0.39 is 0 Å². The Bertz CT molecular complexity index is 351. The molecule has 0 spiro atoms. The molecule has 5 heteroatoms. The molecule has 0 aromatic rings. The number of hydrogen-bond donors (Lipinski definition) is 1. The molecule has 2 amide bonds. The number of carbonyl (C=O) groups excluding carboxylic acids is 2. The van der Waals surface area contributed by atoms with Crippen LogP contribution in [0.2, 0.25) is 0 Å². The molecule has 1 N–H and O–H groups in total. The van der Waals surface area contributed by atoms with E-state index in [4.69, 9.17) is 11.6 Å². The Balaban J connectivity index is 2.13. The zero-order valence-electron chi connectivity index (χ0n) is 10.4. The highest BCUT2D eigenvalue weighted by molar-refractivity contribution is 6.25. The molecule has 100 valence electrons. The van der Waals surface area contributed by atoms with Gasteiger partial charge in [0.05, 0.1) is 6.54 Å². The average molecular weight is 271 g/mol. The lowest BCUT2D eigenvalue weighted by Gasteiger charge is -2.40. The van der Waals surface area contributed by atoms with Crippen molar-refractivity contribution in [2.24, 2.45) is 5.92 Å². The summed E-state index contributed by atoms with van der Waals surface area (Å²) in [5.41, 5.74) is 1.40. The second-order valence-corrected chi connectivity index (χ2v) is 5.22. The number of nitrogens with one attached hydrogen (secondary N) is 1. The quantitative estimate of drug-likeness (QED) is 0.848. The predicted octanol–water partition coefficient (Wildman–Crippen LogP) is 1.65. The number of carbonyl (C=O) groups is 2. The third kappa shape index (κ3) is 2.86. The first-order valence-electron chi connectivity index (χ1n) is 6.56. The standard InChI is InChI=1S/C13H19ClN2O2/c14-7-4-8-16-11(17)9-15-13(18)12(16)10-5-2-1-3-6-10/h4,7,10,12H,1-3,5-6,8-9H2,(H,15,18)/b7-4+. The Labute approximate surface area is 112 Å². The Morgan fingerprint density at radius 1 is 1.28 bits per heavy atom. The molecule has 1 heterocycles. The lowest BCUT2D eigenvalue weighted by molar-refractivity contribution is -0.147. The largest absolute Gasteiger partial charge is 0.345 e. The Morgan fingerprint density at radius 3 is 2.67 bits per heavy atom. The van der Waals surface area contributed by atoms with Crippen molar-refractivity contribution < 1.29 is 9.59 Å². The van der Waals surface area contributed by atoms with E-state index in [-0.39, 0.29) is 24.4 Å². The lowest BCUT2D eigenvalue weighted by Crippen LogP contribution is -2.61. The number of halogens is 1. The van der Waals surface area contributed by atoms with E-state index in [0.29, 0.717) is 12.5 Å². The fourth-order valence-corrected chi connectivity index (χ4v) is 3.03. The van der Waals surface area contributed by atoms with Gasteiger partial charge in [-0.3, -0.25) is 9.59 Å². The molecule has 1 saturated carbocycles. The molecule has 0 radical (unpaired) electrons. The van der Waals surface area contributed by atoms with Gasteiger partial charge in [0.1, 0.15) is 6.04 Å². The molecular weight excluding hydrogens is 252 g/mol. The molecule has 1 aliphatic heterocycles. The minimum atomic E-state index is -0.306. The molecule has 0 aromatic carbocycles. The molecule has 1 atom stereocenters. The van der Waals surface area contributed by atoms with Crippen molar-refractivity contribution in [2.45, 2.75) is 38.1 Å². The van der Waals surface area contributed by atoms with Crippen LogP contribution < -0.4 is 5.32 Å². The first-order chi connectivity index (χ1) is 8.74. The molecule has 18 heavy (non-hydrogen) atoms. The van der Waals surface area contributed by atoms with Crippen LogP contribution in [0.4, 0.5) is 0 Å². The summed E-state index contributed by atoms with van der Waals surface area (Å²) in [6, 6.07) is -0.306. The summed E-state index contributed by atoms with van der Waals surface area (Å²) in [7, 11) is 0. The van der Waals surface area contributed by atoms with Crippen molar-refractivity contribution in [3.63, 3.8) is 0 Å². The van der Waals surface area contributed by atoms with E-state index in [1.807, 2.05) is 0 Å². The molecule has 0 aromatic heterocycles. The Kier molecular flexibility index (Phi) is 4.64. The van der Waals surface area contributed by atoms with Crippen molar-refractivity contribution in [3.05, 3.63) is 11.6 Å². The van der Waals surface area contributed by atoms with E-state index in [1.165, 1.54) is 12.0 Å². The van der Waals surface area contributed by atoms with Crippen LogP contribution >= 0.6 is 11.6 Å². The van der Waals surface area contributed by atoms with Crippen molar-refractivity contribution in [3.8, 4) is 0 Å². The zero-order valence-corrected chi connectivity index (χ0v) is 11.2. The van der Waals surface area contributed by atoms with Crippen LogP contribution in [0.1, 0.15) is 32.1 Å². The average Bonchev–Trinajstić information content (AvgIpc) is 2.40. The summed E-state index contributed by atoms with van der Waals surface area (Å²) in [5, 5.41) is 2.70. The van der Waals surface area contributed by atoms with Crippen LogP contribution in [0.15, 0.2) is 11.6 Å². The van der Waals surface area contributed by atoms with Crippen molar-refractivity contribution in [2.75, 3.05) is 13.1 Å². The van der Waals surface area contributed by atoms with Crippen LogP contribution in [0.5, 0.6) is 0 Å². The summed E-state index contributed by atoms with van der Waals surface area (Å²) >= 11 is 5.52. The van der Waals surface area contributed by atoms with Gasteiger partial charge < -0.3 is 10.2 Å². The molecule has 1 saturated heterocycles. The zero-order chi connectivity index (χ0) is 13.0. The van der Waals surface area contributed by atoms with Crippen LogP contribution in [0, 0.1) is 5.92 Å². The molecule has 2 aliphatic rings. The molecule has 1 unspecified atom stereocenters. The third-order valence-electron chi connectivity index (χ3n) is 3.83. The van der Waals surface area contributed by atoms with Gasteiger partial charge in [-0.05, 0) is 18.8 Å². The topological polar surface area (TPSA) is 49.4 Å². The summed E-state index contributed by atoms with van der Waals surface area (Å²) < 4.78 is 0. The van der Waals surface area contributed by atoms with Gasteiger partial charge in [-0.25, -0.2) is 0 Å². The number of amides is 2. The fraction of sp³-hybridized carbons (Fsp3) is 0.692. The highest BCUT2D eigenvalue weighted by atomic mass is 35.5. The van der Waals surface area contributed by atoms with E-state index >= 15 is 0 Å². The van der Waals surface area contributed by atoms with Crippen molar-refractivity contribution in [1.82, 2.24) is 10.2 Å². The number of rotatable bonds is 3. The van der Waals surface area contributed by atoms with E-state index in [9.17, 15) is 9.59 Å². The SMILES string of the molecule is O=C1NCC(=O)N(C/C=C/Cl)C1C1CCCCC1. The monoisotopic (exact) mass is 270 g/mol. The Morgan fingerprint density at radius 2 is 2.00 bits per heavy atom. The highest BCUT2D eigenvalue weighted by Crippen LogP contribution is 2.30. The van der Waals surface area contributed by atoms with Gasteiger partial charge in [0.25, 0.3) is 0 Å². The lowest BCUT2D eigenvalue weighted by atomic mass is 9.82. The maximum Gasteiger partial charge on any atom is 0.243 e. The maximum atomic E-state index is 12.1. The van der Waals surface area contributed by atoms with Crippen LogP contribution in [-0.2, 0) is 9.59 Å². The fourth-order valence-electron chi connectivity index (χ4n) is 2.95. The molecule has 2 fully saturated rings. The summed E-state index contributed by atoms with van der Waals surface area (Å²) in [6.45, 7) is 0.537. The first-order valence-corrected chi connectivity index (χ1v) is 7.00. The van der Waals surface area contributed by atoms with Gasteiger partial charge >= 0.3 is 0 Å². The second-order valence-electron chi connectivity index (χ2n) is 4.97. The van der Waals surface area contributed by atoms with Crippen molar-refractivity contribution >= 4 is 23.4 Å². The van der Waals surface area contributed by atoms with Crippen molar-refractivity contribution in [1.29, 1.82) is 0 Å². The minimum Gasteiger partial charge on any atom is -0.345 e. The molecule has 2 rings (SSSR count). The van der Waals surface area contributed by atoms with E-state index in [1.54, 1.807) is 11.0 Å². The third-order valence-corrected chi connectivity index (χ3v) is 4.00. The molecule has 0 bridgehead atoms. The van der Waals surface area contributed by atoms with E-state index in [0.717, 1.165) is 25.7 Å².